The summed E-state index contributed by atoms with van der Waals surface area (Å²) in [5, 5.41) is 0. The molecule has 0 radical (unpaired) electrons. The fourth-order valence-electron chi connectivity index (χ4n) is 4.87. The quantitative estimate of drug-likeness (QED) is 0.0594. The fraction of sp³-hybridized carbons (Fsp3) is 0.971. The minimum absolute atomic E-state index is 0.0787. The van der Waals surface area contributed by atoms with Crippen molar-refractivity contribution in [3.63, 3.8) is 0 Å². The molecule has 0 saturated carbocycles. The van der Waals surface area contributed by atoms with Crippen LogP contribution in [0.1, 0.15) is 162 Å². The lowest BCUT2D eigenvalue weighted by Gasteiger charge is -2.17. The lowest BCUT2D eigenvalue weighted by molar-refractivity contribution is -0.145. The molecule has 0 heterocycles. The first-order valence-corrected chi connectivity index (χ1v) is 17.1. The van der Waals surface area contributed by atoms with Crippen LogP contribution in [-0.4, -0.2) is 52.2 Å². The predicted octanol–water partition coefficient (Wildman–Crippen LogP) is 9.84. The fourth-order valence-corrected chi connectivity index (χ4v) is 4.87. The van der Waals surface area contributed by atoms with Gasteiger partial charge in [-0.25, -0.2) is 0 Å². The molecule has 1 atom stereocenters. The van der Waals surface area contributed by atoms with E-state index in [1.165, 1.54) is 122 Å². The van der Waals surface area contributed by atoms with Crippen LogP contribution in [0.3, 0.4) is 0 Å². The van der Waals surface area contributed by atoms with Gasteiger partial charge in [0.25, 0.3) is 0 Å². The first kappa shape index (κ1) is 38.4. The van der Waals surface area contributed by atoms with Gasteiger partial charge in [0.15, 0.2) is 0 Å². The molecule has 0 aromatic carbocycles. The molecule has 0 aliphatic heterocycles. The molecule has 0 amide bonds. The molecule has 0 aromatic heterocycles. The molecule has 5 heteroatoms. The highest BCUT2D eigenvalue weighted by Crippen LogP contribution is 2.19. The van der Waals surface area contributed by atoms with Crippen LogP contribution in [0.15, 0.2) is 0 Å². The van der Waals surface area contributed by atoms with Crippen molar-refractivity contribution in [1.82, 2.24) is 0 Å². The van der Waals surface area contributed by atoms with Gasteiger partial charge in [0, 0.05) is 19.6 Å². The Hall–Kier alpha value is -0.650. The van der Waals surface area contributed by atoms with Gasteiger partial charge >= 0.3 is 5.97 Å². The Labute approximate surface area is 243 Å². The van der Waals surface area contributed by atoms with Crippen molar-refractivity contribution in [3.05, 3.63) is 0 Å². The van der Waals surface area contributed by atoms with Crippen molar-refractivity contribution in [1.29, 1.82) is 0 Å². The summed E-state index contributed by atoms with van der Waals surface area (Å²) in [4.78, 5) is 12.2. The molecule has 0 aromatic rings. The minimum Gasteiger partial charge on any atom is -0.465 e. The van der Waals surface area contributed by atoms with E-state index in [9.17, 15) is 4.79 Å². The highest BCUT2D eigenvalue weighted by Gasteiger charge is 2.12. The Morgan fingerprint density at radius 3 is 1.36 bits per heavy atom. The predicted molar refractivity (Wildman–Crippen MR) is 166 cm³/mol. The molecule has 0 aliphatic rings. The average molecular weight is 557 g/mol. The maximum Gasteiger partial charge on any atom is 0.305 e. The molecule has 0 bridgehead atoms. The molecule has 0 rings (SSSR count). The second-order valence-electron chi connectivity index (χ2n) is 11.4. The van der Waals surface area contributed by atoms with E-state index in [-0.39, 0.29) is 5.97 Å². The van der Waals surface area contributed by atoms with E-state index in [0.717, 1.165) is 13.0 Å². The van der Waals surface area contributed by atoms with Gasteiger partial charge in [-0.15, -0.1) is 0 Å². The van der Waals surface area contributed by atoms with Crippen molar-refractivity contribution in [2.45, 2.75) is 162 Å². The second kappa shape index (κ2) is 33.6. The van der Waals surface area contributed by atoms with Crippen molar-refractivity contribution < 1.29 is 23.7 Å². The smallest absolute Gasteiger partial charge is 0.305 e. The van der Waals surface area contributed by atoms with Crippen molar-refractivity contribution in [2.24, 2.45) is 5.92 Å². The topological polar surface area (TPSA) is 54.0 Å². The summed E-state index contributed by atoms with van der Waals surface area (Å²) in [5.74, 6) is 0.444. The number of rotatable bonds is 33. The van der Waals surface area contributed by atoms with E-state index in [2.05, 4.69) is 20.8 Å². The standard InChI is InChI=1S/C34H68O5/c1-4-7-10-13-15-16-18-21-26-36-28-30-38-31-29-37-27-22-25-34(35)39-32-33(23-19-12-9-6-3)24-20-17-14-11-8-5-2/h33H,4-32H2,1-3H3. The molecule has 0 saturated heterocycles. The van der Waals surface area contributed by atoms with E-state index < -0.39 is 0 Å². The van der Waals surface area contributed by atoms with Gasteiger partial charge < -0.3 is 18.9 Å². The molecule has 39 heavy (non-hydrogen) atoms. The van der Waals surface area contributed by atoms with Gasteiger partial charge in [-0.1, -0.05) is 130 Å². The zero-order valence-electron chi connectivity index (χ0n) is 26.6. The normalized spacial score (nSPS) is 12.2. The largest absolute Gasteiger partial charge is 0.465 e. The molecule has 234 valence electrons. The number of hydrogen-bond donors (Lipinski definition) is 0. The number of carbonyl (C=O) groups is 1. The van der Waals surface area contributed by atoms with Crippen LogP contribution in [-0.2, 0) is 23.7 Å². The number of carbonyl (C=O) groups excluding carboxylic acids is 1. The zero-order valence-corrected chi connectivity index (χ0v) is 26.6. The van der Waals surface area contributed by atoms with E-state index in [1.54, 1.807) is 0 Å². The van der Waals surface area contributed by atoms with E-state index in [1.807, 2.05) is 0 Å². The molecule has 0 spiro atoms. The van der Waals surface area contributed by atoms with E-state index in [0.29, 0.717) is 58.4 Å². The van der Waals surface area contributed by atoms with Gasteiger partial charge in [-0.3, -0.25) is 4.79 Å². The minimum atomic E-state index is -0.0787. The first-order valence-electron chi connectivity index (χ1n) is 17.1. The highest BCUT2D eigenvalue weighted by atomic mass is 16.5. The number of unbranched alkanes of at least 4 members (excludes halogenated alkanes) is 15. The third kappa shape index (κ3) is 31.7. The third-order valence-electron chi connectivity index (χ3n) is 7.47. The Morgan fingerprint density at radius 2 is 0.846 bits per heavy atom. The van der Waals surface area contributed by atoms with Gasteiger partial charge in [-0.2, -0.15) is 0 Å². The highest BCUT2D eigenvalue weighted by molar-refractivity contribution is 5.69. The number of esters is 1. The summed E-state index contributed by atoms with van der Waals surface area (Å²) in [6.07, 6.45) is 27.2. The van der Waals surface area contributed by atoms with Gasteiger partial charge in [0.1, 0.15) is 0 Å². The summed E-state index contributed by atoms with van der Waals surface area (Å²) < 4.78 is 22.5. The molecule has 1 unspecified atom stereocenters. The summed E-state index contributed by atoms with van der Waals surface area (Å²) in [6, 6.07) is 0. The summed E-state index contributed by atoms with van der Waals surface area (Å²) >= 11 is 0. The lowest BCUT2D eigenvalue weighted by atomic mass is 9.95. The lowest BCUT2D eigenvalue weighted by Crippen LogP contribution is -2.15. The Bertz CT molecular complexity index is 471. The molecule has 0 N–H and O–H groups in total. The van der Waals surface area contributed by atoms with E-state index in [4.69, 9.17) is 18.9 Å². The Kier molecular flexibility index (Phi) is 33.0. The Morgan fingerprint density at radius 1 is 0.462 bits per heavy atom. The summed E-state index contributed by atoms with van der Waals surface area (Å²) in [5.41, 5.74) is 0. The van der Waals surface area contributed by atoms with Gasteiger partial charge in [0.05, 0.1) is 33.0 Å². The van der Waals surface area contributed by atoms with Crippen LogP contribution >= 0.6 is 0 Å². The number of ether oxygens (including phenoxy) is 4. The maximum absolute atomic E-state index is 12.2. The van der Waals surface area contributed by atoms with Crippen LogP contribution in [0.25, 0.3) is 0 Å². The SMILES string of the molecule is CCCCCCCCCCOCCOCCOCCCC(=O)OCC(CCCCCC)CCCCCCCC. The van der Waals surface area contributed by atoms with Crippen LogP contribution in [0.4, 0.5) is 0 Å². The van der Waals surface area contributed by atoms with Crippen molar-refractivity contribution >= 4 is 5.97 Å². The third-order valence-corrected chi connectivity index (χ3v) is 7.47. The van der Waals surface area contributed by atoms with Crippen molar-refractivity contribution in [3.8, 4) is 0 Å². The van der Waals surface area contributed by atoms with Crippen molar-refractivity contribution in [2.75, 3.05) is 46.2 Å². The molecule has 5 nitrogen and oxygen atoms in total. The second-order valence-corrected chi connectivity index (χ2v) is 11.4. The van der Waals surface area contributed by atoms with Crippen LogP contribution in [0.2, 0.25) is 0 Å². The Balaban J connectivity index is 3.59. The van der Waals surface area contributed by atoms with Gasteiger partial charge in [-0.05, 0) is 31.6 Å². The first-order chi connectivity index (χ1) is 19.2. The number of hydrogen-bond acceptors (Lipinski definition) is 5. The van der Waals surface area contributed by atoms with Crippen LogP contribution < -0.4 is 0 Å². The zero-order chi connectivity index (χ0) is 28.5. The molecule has 0 aliphatic carbocycles. The van der Waals surface area contributed by atoms with Gasteiger partial charge in [0.2, 0.25) is 0 Å². The molecule has 0 fully saturated rings. The maximum atomic E-state index is 12.2. The summed E-state index contributed by atoms with van der Waals surface area (Å²) in [6.45, 7) is 11.2. The molecular formula is C34H68O5. The average Bonchev–Trinajstić information content (AvgIpc) is 2.94. The summed E-state index contributed by atoms with van der Waals surface area (Å²) in [7, 11) is 0. The van der Waals surface area contributed by atoms with Crippen LogP contribution in [0, 0.1) is 5.92 Å². The monoisotopic (exact) mass is 557 g/mol. The van der Waals surface area contributed by atoms with E-state index >= 15 is 0 Å². The van der Waals surface area contributed by atoms with Crippen LogP contribution in [0.5, 0.6) is 0 Å². The molecular weight excluding hydrogens is 488 g/mol.